The van der Waals surface area contributed by atoms with Crippen molar-refractivity contribution in [3.8, 4) is 0 Å². The van der Waals surface area contributed by atoms with Crippen LogP contribution in [0.5, 0.6) is 0 Å². The number of aromatic nitrogens is 2. The van der Waals surface area contributed by atoms with Crippen molar-refractivity contribution in [1.29, 1.82) is 0 Å². The minimum Gasteiger partial charge on any atom is -0.387 e. The number of nitrogens with one attached hydrogen (secondary N) is 1. The Balaban J connectivity index is 2.26. The zero-order chi connectivity index (χ0) is 24.7. The minimum absolute atomic E-state index is 0.391. The molecule has 32 heavy (non-hydrogen) atoms. The summed E-state index contributed by atoms with van der Waals surface area (Å²) in [7, 11) is -17.2. The van der Waals surface area contributed by atoms with Crippen molar-refractivity contribution in [2.75, 3.05) is 6.67 Å². The summed E-state index contributed by atoms with van der Waals surface area (Å²) in [6.07, 6.45) is -7.81. The SMILES string of the molecule is C[C@@H](OP(=O)(O)OP(=O)(O)OP(=O)(O)O)[C@H]1O[C@@H](n2ccc(=O)[nH]c2=O)C(F)(CF)[C@H]1O. The quantitative estimate of drug-likeness (QED) is 0.213. The molecule has 0 aliphatic carbocycles. The first-order valence-corrected chi connectivity index (χ1v) is 12.6. The molecule has 0 aromatic carbocycles. The average molecular weight is 532 g/mol. The van der Waals surface area contributed by atoms with Gasteiger partial charge in [-0.05, 0) is 6.92 Å². The van der Waals surface area contributed by atoms with Crippen LogP contribution >= 0.6 is 23.5 Å². The lowest BCUT2D eigenvalue weighted by Gasteiger charge is -2.26. The number of hydrogen-bond acceptors (Lipinski definition) is 10. The number of rotatable bonds is 9. The largest absolute Gasteiger partial charge is 0.490 e. The predicted molar refractivity (Wildman–Crippen MR) is 95.5 cm³/mol. The highest BCUT2D eigenvalue weighted by molar-refractivity contribution is 7.66. The molecular weight excluding hydrogens is 515 g/mol. The molecule has 1 aliphatic rings. The molecule has 6 N–H and O–H groups in total. The summed E-state index contributed by atoms with van der Waals surface area (Å²) < 4.78 is 79.5. The van der Waals surface area contributed by atoms with E-state index in [1.54, 1.807) is 4.98 Å². The van der Waals surface area contributed by atoms with Crippen LogP contribution in [-0.2, 0) is 31.6 Å². The molecule has 1 fully saturated rings. The van der Waals surface area contributed by atoms with Gasteiger partial charge in [-0.2, -0.15) is 8.62 Å². The lowest BCUT2D eigenvalue weighted by molar-refractivity contribution is -0.0855. The van der Waals surface area contributed by atoms with Crippen molar-refractivity contribution in [2.24, 2.45) is 0 Å². The number of phosphoric ester groups is 1. The third kappa shape index (κ3) is 6.26. The molecule has 3 unspecified atom stereocenters. The van der Waals surface area contributed by atoms with Gasteiger partial charge in [-0.15, -0.1) is 0 Å². The van der Waals surface area contributed by atoms with Crippen molar-refractivity contribution >= 4 is 23.5 Å². The number of aliphatic hydroxyl groups excluding tert-OH is 1. The molecule has 0 amide bonds. The van der Waals surface area contributed by atoms with Gasteiger partial charge in [0.15, 0.2) is 6.23 Å². The van der Waals surface area contributed by atoms with E-state index in [1.807, 2.05) is 0 Å². The summed E-state index contributed by atoms with van der Waals surface area (Å²) in [5.74, 6) is 0. The fourth-order valence-corrected chi connectivity index (χ4v) is 5.95. The summed E-state index contributed by atoms with van der Waals surface area (Å²) in [5, 5.41) is 10.2. The Labute approximate surface area is 175 Å². The highest BCUT2D eigenvalue weighted by atomic mass is 31.3. The van der Waals surface area contributed by atoms with Gasteiger partial charge in [-0.3, -0.25) is 18.9 Å². The first-order valence-electron chi connectivity index (χ1n) is 8.13. The van der Waals surface area contributed by atoms with E-state index in [1.165, 1.54) is 0 Å². The predicted octanol–water partition coefficient (Wildman–Crippen LogP) is -0.796. The van der Waals surface area contributed by atoms with E-state index in [-0.39, 0.29) is 0 Å². The fourth-order valence-electron chi connectivity index (χ4n) is 2.75. The summed E-state index contributed by atoms with van der Waals surface area (Å²) in [6.45, 7) is -1.08. The number of halogens is 2. The van der Waals surface area contributed by atoms with Crippen LogP contribution in [0.25, 0.3) is 0 Å². The van der Waals surface area contributed by atoms with Gasteiger partial charge >= 0.3 is 29.2 Å². The minimum atomic E-state index is -5.86. The standard InChI is InChI=1S/C11H17F2N2O14P3/c1-5(27-31(22,23)29-32(24,25)28-30(19,20)21)7-8(17)11(13,4-12)9(26-7)15-3-2-6(16)14-10(15)18/h2-3,5,7-9,17H,4H2,1H3,(H,22,23)(H,24,25)(H,14,16,18)(H2,19,20,21)/t5-,7-,8+,9-,11?/m1/s1. The normalized spacial score (nSPS) is 31.1. The van der Waals surface area contributed by atoms with E-state index in [0.29, 0.717) is 4.57 Å². The number of alkyl halides is 2. The van der Waals surface area contributed by atoms with Gasteiger partial charge in [-0.1, -0.05) is 0 Å². The van der Waals surface area contributed by atoms with Crippen LogP contribution in [0.15, 0.2) is 21.9 Å². The van der Waals surface area contributed by atoms with E-state index >= 15 is 4.39 Å². The van der Waals surface area contributed by atoms with Crippen molar-refractivity contribution < 1.29 is 65.0 Å². The summed E-state index contributed by atoms with van der Waals surface area (Å²) >= 11 is 0. The first-order chi connectivity index (χ1) is 14.4. The molecule has 1 aliphatic heterocycles. The Morgan fingerprint density at radius 3 is 2.31 bits per heavy atom. The van der Waals surface area contributed by atoms with Gasteiger partial charge in [0.05, 0.1) is 6.10 Å². The van der Waals surface area contributed by atoms with Crippen LogP contribution in [-0.4, -0.2) is 64.9 Å². The van der Waals surface area contributed by atoms with Crippen molar-refractivity contribution in [3.63, 3.8) is 0 Å². The molecule has 1 aromatic rings. The molecule has 21 heteroatoms. The van der Waals surface area contributed by atoms with Gasteiger partial charge in [-0.25, -0.2) is 27.3 Å². The molecule has 0 spiro atoms. The Bertz CT molecular complexity index is 1100. The molecule has 0 bridgehead atoms. The van der Waals surface area contributed by atoms with Gasteiger partial charge in [0.1, 0.15) is 18.9 Å². The number of phosphoric acid groups is 3. The van der Waals surface area contributed by atoms with Crippen molar-refractivity contribution in [2.45, 2.75) is 37.1 Å². The van der Waals surface area contributed by atoms with Crippen LogP contribution in [0.4, 0.5) is 8.78 Å². The van der Waals surface area contributed by atoms with E-state index in [2.05, 4.69) is 13.1 Å². The zero-order valence-corrected chi connectivity index (χ0v) is 18.3. The van der Waals surface area contributed by atoms with Crippen molar-refractivity contribution in [1.82, 2.24) is 9.55 Å². The van der Waals surface area contributed by atoms with E-state index < -0.39 is 71.6 Å². The highest BCUT2D eigenvalue weighted by Gasteiger charge is 2.61. The monoisotopic (exact) mass is 532 g/mol. The number of aromatic amines is 1. The summed E-state index contributed by atoms with van der Waals surface area (Å²) in [5.41, 5.74) is -5.45. The van der Waals surface area contributed by atoms with Gasteiger partial charge in [0.2, 0.25) is 5.67 Å². The van der Waals surface area contributed by atoms with Gasteiger partial charge < -0.3 is 29.4 Å². The second-order valence-electron chi connectivity index (χ2n) is 6.38. The van der Waals surface area contributed by atoms with Crippen LogP contribution in [0.3, 0.4) is 0 Å². The molecule has 16 nitrogen and oxygen atoms in total. The third-order valence-electron chi connectivity index (χ3n) is 3.99. The molecule has 7 atom stereocenters. The molecule has 2 heterocycles. The molecule has 2 rings (SSSR count). The number of nitrogens with zero attached hydrogens (tertiary/aromatic N) is 1. The topological polar surface area (TPSA) is 244 Å². The second kappa shape index (κ2) is 9.25. The maximum absolute atomic E-state index is 15.2. The average Bonchev–Trinajstić information content (AvgIpc) is 2.84. The molecule has 1 saturated heterocycles. The maximum Gasteiger partial charge on any atom is 0.490 e. The third-order valence-corrected chi connectivity index (χ3v) is 7.91. The van der Waals surface area contributed by atoms with E-state index in [0.717, 1.165) is 19.2 Å². The Kier molecular flexibility index (Phi) is 7.84. The van der Waals surface area contributed by atoms with Crippen molar-refractivity contribution in [3.05, 3.63) is 33.1 Å². The molecule has 1 aromatic heterocycles. The highest BCUT2D eigenvalue weighted by Crippen LogP contribution is 2.66. The maximum atomic E-state index is 15.2. The number of aliphatic hydroxyl groups is 1. The first kappa shape index (κ1) is 27.1. The lowest BCUT2D eigenvalue weighted by atomic mass is 9.95. The van der Waals surface area contributed by atoms with Crippen LogP contribution < -0.4 is 11.2 Å². The van der Waals surface area contributed by atoms with E-state index in [4.69, 9.17) is 19.4 Å². The fraction of sp³-hybridized carbons (Fsp3) is 0.636. The van der Waals surface area contributed by atoms with Gasteiger partial charge in [0.25, 0.3) is 5.56 Å². The molecule has 0 saturated carbocycles. The number of hydrogen-bond donors (Lipinski definition) is 6. The number of H-pyrrole nitrogens is 1. The van der Waals surface area contributed by atoms with Crippen LogP contribution in [0, 0.1) is 0 Å². The lowest BCUT2D eigenvalue weighted by Crippen LogP contribution is -2.48. The molecular formula is C11H17F2N2O14P3. The van der Waals surface area contributed by atoms with Crippen LogP contribution in [0.1, 0.15) is 13.2 Å². The summed E-state index contributed by atoms with van der Waals surface area (Å²) in [4.78, 5) is 60.5. The molecule has 0 radical (unpaired) electrons. The number of ether oxygens (including phenoxy) is 1. The van der Waals surface area contributed by atoms with Crippen LogP contribution in [0.2, 0.25) is 0 Å². The smallest absolute Gasteiger partial charge is 0.387 e. The summed E-state index contributed by atoms with van der Waals surface area (Å²) in [6, 6.07) is 0.763. The zero-order valence-electron chi connectivity index (χ0n) is 15.6. The Morgan fingerprint density at radius 1 is 1.22 bits per heavy atom. The Hall–Kier alpha value is -1.13. The second-order valence-corrected chi connectivity index (χ2v) is 10.7. The van der Waals surface area contributed by atoms with E-state index in [9.17, 15) is 37.7 Å². The van der Waals surface area contributed by atoms with Gasteiger partial charge in [0, 0.05) is 12.3 Å². The Morgan fingerprint density at radius 2 is 1.81 bits per heavy atom. The molecule has 184 valence electrons.